The Morgan fingerprint density at radius 1 is 0.900 bits per heavy atom. The Morgan fingerprint density at radius 3 is 1.95 bits per heavy atom. The van der Waals surface area contributed by atoms with Gasteiger partial charge in [-0.05, 0) is 23.6 Å². The Morgan fingerprint density at radius 2 is 1.45 bits per heavy atom. The Labute approximate surface area is 124 Å². The molecule has 0 atom stereocenters. The molecule has 0 fully saturated rings. The van der Waals surface area contributed by atoms with Crippen LogP contribution in [0.25, 0.3) is 0 Å². The number of hydrogen-bond donors (Lipinski definition) is 0. The van der Waals surface area contributed by atoms with Crippen molar-refractivity contribution in [2.24, 2.45) is 0 Å². The van der Waals surface area contributed by atoms with E-state index in [4.69, 9.17) is 4.43 Å². The smallest absolute Gasteiger partial charge is 0.229 e. The van der Waals surface area contributed by atoms with Crippen LogP contribution in [0.2, 0.25) is 6.04 Å². The maximum atomic E-state index is 5.78. The highest BCUT2D eigenvalue weighted by atomic mass is 28.2. The van der Waals surface area contributed by atoms with Crippen molar-refractivity contribution in [3.8, 4) is 0 Å². The average Bonchev–Trinajstić information content (AvgIpc) is 2.53. The van der Waals surface area contributed by atoms with Gasteiger partial charge in [0.2, 0.25) is 9.76 Å². The van der Waals surface area contributed by atoms with Gasteiger partial charge in [0.1, 0.15) is 0 Å². The van der Waals surface area contributed by atoms with Crippen LogP contribution in [0.1, 0.15) is 36.8 Å². The van der Waals surface area contributed by atoms with Gasteiger partial charge >= 0.3 is 0 Å². The van der Waals surface area contributed by atoms with Crippen molar-refractivity contribution in [2.75, 3.05) is 6.61 Å². The van der Waals surface area contributed by atoms with Crippen LogP contribution < -0.4 is 0 Å². The lowest BCUT2D eigenvalue weighted by Gasteiger charge is -2.18. The third-order valence-corrected chi connectivity index (χ3v) is 4.48. The first kappa shape index (κ1) is 15.0. The fourth-order valence-electron chi connectivity index (χ4n) is 2.32. The SMILES string of the molecule is CCC[Si]OCCC(c1ccccc1)c1ccccc1. The summed E-state index contributed by atoms with van der Waals surface area (Å²) in [7, 11) is 0.647. The van der Waals surface area contributed by atoms with Crippen molar-refractivity contribution in [3.05, 3.63) is 71.8 Å². The molecule has 2 rings (SSSR count). The molecule has 0 N–H and O–H groups in total. The van der Waals surface area contributed by atoms with Crippen LogP contribution in [0.5, 0.6) is 0 Å². The second kappa shape index (κ2) is 8.72. The Kier molecular flexibility index (Phi) is 6.55. The van der Waals surface area contributed by atoms with Crippen LogP contribution in [0.15, 0.2) is 60.7 Å². The van der Waals surface area contributed by atoms with E-state index in [2.05, 4.69) is 67.6 Å². The molecule has 2 aromatic carbocycles. The van der Waals surface area contributed by atoms with E-state index in [1.807, 2.05) is 0 Å². The molecule has 20 heavy (non-hydrogen) atoms. The quantitative estimate of drug-likeness (QED) is 0.505. The third kappa shape index (κ3) is 4.62. The summed E-state index contributed by atoms with van der Waals surface area (Å²) in [6.07, 6.45) is 2.25. The lowest BCUT2D eigenvalue weighted by molar-refractivity contribution is 0.319. The molecule has 0 heterocycles. The second-order valence-corrected chi connectivity index (χ2v) is 5.98. The zero-order valence-corrected chi connectivity index (χ0v) is 13.1. The first-order valence-corrected chi connectivity index (χ1v) is 8.48. The van der Waals surface area contributed by atoms with Gasteiger partial charge in [-0.1, -0.05) is 74.0 Å². The van der Waals surface area contributed by atoms with E-state index in [-0.39, 0.29) is 0 Å². The molecule has 2 aromatic rings. The molecule has 104 valence electrons. The third-order valence-electron chi connectivity index (χ3n) is 3.37. The van der Waals surface area contributed by atoms with E-state index in [1.54, 1.807) is 0 Å². The lowest BCUT2D eigenvalue weighted by Crippen LogP contribution is -2.07. The molecule has 0 amide bonds. The van der Waals surface area contributed by atoms with Crippen molar-refractivity contribution in [1.29, 1.82) is 0 Å². The van der Waals surface area contributed by atoms with Gasteiger partial charge in [-0.3, -0.25) is 0 Å². The van der Waals surface area contributed by atoms with E-state index in [9.17, 15) is 0 Å². The minimum Gasteiger partial charge on any atom is -0.417 e. The summed E-state index contributed by atoms with van der Waals surface area (Å²) in [6.45, 7) is 3.04. The van der Waals surface area contributed by atoms with Gasteiger partial charge in [0.15, 0.2) is 0 Å². The van der Waals surface area contributed by atoms with Gasteiger partial charge in [0, 0.05) is 12.5 Å². The molecule has 2 heteroatoms. The van der Waals surface area contributed by atoms with E-state index in [0.29, 0.717) is 15.7 Å². The minimum absolute atomic E-state index is 0.434. The molecule has 0 unspecified atom stereocenters. The summed E-state index contributed by atoms with van der Waals surface area (Å²) >= 11 is 0. The molecule has 0 saturated carbocycles. The van der Waals surface area contributed by atoms with Crippen LogP contribution in [0.4, 0.5) is 0 Å². The van der Waals surface area contributed by atoms with E-state index >= 15 is 0 Å². The first-order chi connectivity index (χ1) is 9.92. The average molecular weight is 282 g/mol. The number of rotatable bonds is 8. The highest BCUT2D eigenvalue weighted by Gasteiger charge is 2.13. The zero-order chi connectivity index (χ0) is 14.0. The topological polar surface area (TPSA) is 9.23 Å². The molecular weight excluding hydrogens is 260 g/mol. The van der Waals surface area contributed by atoms with Crippen molar-refractivity contribution in [2.45, 2.75) is 31.7 Å². The standard InChI is InChI=1S/C18H22OSi/c1-2-15-20-19-14-13-18(16-9-5-3-6-10-16)17-11-7-4-8-12-17/h3-12,18H,2,13-15H2,1H3. The number of benzene rings is 2. The first-order valence-electron chi connectivity index (χ1n) is 7.36. The normalized spacial score (nSPS) is 10.9. The monoisotopic (exact) mass is 282 g/mol. The maximum Gasteiger partial charge on any atom is 0.229 e. The highest BCUT2D eigenvalue weighted by Crippen LogP contribution is 2.27. The molecule has 0 bridgehead atoms. The molecule has 0 spiro atoms. The zero-order valence-electron chi connectivity index (χ0n) is 12.1. The van der Waals surface area contributed by atoms with Crippen LogP contribution in [-0.4, -0.2) is 16.4 Å². The molecule has 0 aliphatic heterocycles. The molecule has 0 aromatic heterocycles. The van der Waals surface area contributed by atoms with Crippen molar-refractivity contribution in [3.63, 3.8) is 0 Å². The minimum atomic E-state index is 0.434. The predicted octanol–water partition coefficient (Wildman–Crippen LogP) is 4.67. The van der Waals surface area contributed by atoms with Gasteiger partial charge in [0.05, 0.1) is 0 Å². The fraction of sp³-hybridized carbons (Fsp3) is 0.333. The van der Waals surface area contributed by atoms with Gasteiger partial charge < -0.3 is 4.43 Å². The molecule has 1 nitrogen and oxygen atoms in total. The van der Waals surface area contributed by atoms with Gasteiger partial charge in [-0.2, -0.15) is 0 Å². The maximum absolute atomic E-state index is 5.78. The largest absolute Gasteiger partial charge is 0.417 e. The van der Waals surface area contributed by atoms with E-state index in [1.165, 1.54) is 23.6 Å². The molecule has 2 radical (unpaired) electrons. The summed E-state index contributed by atoms with van der Waals surface area (Å²) in [5.41, 5.74) is 2.75. The van der Waals surface area contributed by atoms with Crippen LogP contribution >= 0.6 is 0 Å². The predicted molar refractivity (Wildman–Crippen MR) is 86.1 cm³/mol. The summed E-state index contributed by atoms with van der Waals surface area (Å²) in [6, 6.07) is 22.7. The molecular formula is C18H22OSi. The van der Waals surface area contributed by atoms with Crippen molar-refractivity contribution >= 4 is 9.76 Å². The van der Waals surface area contributed by atoms with Crippen molar-refractivity contribution in [1.82, 2.24) is 0 Å². The lowest BCUT2D eigenvalue weighted by atomic mass is 9.89. The van der Waals surface area contributed by atoms with Crippen LogP contribution in [0.3, 0.4) is 0 Å². The Bertz CT molecular complexity index is 430. The van der Waals surface area contributed by atoms with E-state index < -0.39 is 0 Å². The highest BCUT2D eigenvalue weighted by molar-refractivity contribution is 6.26. The molecule has 0 aliphatic rings. The van der Waals surface area contributed by atoms with Crippen LogP contribution in [0, 0.1) is 0 Å². The summed E-state index contributed by atoms with van der Waals surface area (Å²) in [5, 5.41) is 0. The Balaban J connectivity index is 2.02. The summed E-state index contributed by atoms with van der Waals surface area (Å²) in [4.78, 5) is 0. The van der Waals surface area contributed by atoms with E-state index in [0.717, 1.165) is 13.0 Å². The van der Waals surface area contributed by atoms with Gasteiger partial charge in [-0.15, -0.1) is 0 Å². The molecule has 0 aliphatic carbocycles. The van der Waals surface area contributed by atoms with Gasteiger partial charge in [-0.25, -0.2) is 0 Å². The van der Waals surface area contributed by atoms with Crippen molar-refractivity contribution < 1.29 is 4.43 Å². The summed E-state index contributed by atoms with van der Waals surface area (Å²) < 4.78 is 5.78. The van der Waals surface area contributed by atoms with Crippen LogP contribution in [-0.2, 0) is 4.43 Å². The number of hydrogen-bond acceptors (Lipinski definition) is 1. The summed E-state index contributed by atoms with van der Waals surface area (Å²) in [5.74, 6) is 0.434. The molecule has 0 saturated heterocycles. The second-order valence-electron chi connectivity index (χ2n) is 4.91. The fourth-order valence-corrected chi connectivity index (χ4v) is 2.93. The Hall–Kier alpha value is -1.38. The van der Waals surface area contributed by atoms with Gasteiger partial charge in [0.25, 0.3) is 0 Å².